The Kier molecular flexibility index (Phi) is 4.30. The summed E-state index contributed by atoms with van der Waals surface area (Å²) in [5.74, 6) is 1.49. The van der Waals surface area contributed by atoms with E-state index in [1.807, 2.05) is 23.5 Å². The summed E-state index contributed by atoms with van der Waals surface area (Å²) in [4.78, 5) is 16.3. The summed E-state index contributed by atoms with van der Waals surface area (Å²) in [5, 5.41) is 4.66. The third-order valence-corrected chi connectivity index (χ3v) is 6.49. The van der Waals surface area contributed by atoms with Gasteiger partial charge in [0.25, 0.3) is 0 Å². The highest BCUT2D eigenvalue weighted by Gasteiger charge is 2.23. The second-order valence-corrected chi connectivity index (χ2v) is 8.17. The molecule has 1 N–H and O–H groups in total. The lowest BCUT2D eigenvalue weighted by Crippen LogP contribution is -2.28. The van der Waals surface area contributed by atoms with Crippen LogP contribution >= 0.6 is 11.3 Å². The van der Waals surface area contributed by atoms with Gasteiger partial charge in [-0.3, -0.25) is 4.98 Å². The Bertz CT molecular complexity index is 918. The number of pyridine rings is 1. The molecule has 2 aliphatic rings. The first-order valence-corrected chi connectivity index (χ1v) is 10.3. The largest absolute Gasteiger partial charge is 0.475 e. The number of fused-ring (bicyclic) bond motifs is 3. The summed E-state index contributed by atoms with van der Waals surface area (Å²) in [5.41, 5.74) is 2.41. The van der Waals surface area contributed by atoms with Gasteiger partial charge in [-0.05, 0) is 62.8 Å². The van der Waals surface area contributed by atoms with Gasteiger partial charge in [0, 0.05) is 28.9 Å². The predicted molar refractivity (Wildman–Crippen MR) is 104 cm³/mol. The van der Waals surface area contributed by atoms with Crippen LogP contribution in [0.15, 0.2) is 24.5 Å². The Balaban J connectivity index is 1.59. The van der Waals surface area contributed by atoms with E-state index in [1.54, 1.807) is 12.4 Å². The van der Waals surface area contributed by atoms with Gasteiger partial charge in [-0.15, -0.1) is 11.3 Å². The van der Waals surface area contributed by atoms with Crippen LogP contribution in [0.3, 0.4) is 0 Å². The minimum atomic E-state index is 0.429. The van der Waals surface area contributed by atoms with Gasteiger partial charge in [0.1, 0.15) is 11.4 Å². The maximum Gasteiger partial charge on any atom is 0.226 e. The topological polar surface area (TPSA) is 59.9 Å². The van der Waals surface area contributed by atoms with Crippen molar-refractivity contribution in [2.45, 2.75) is 44.6 Å². The third kappa shape index (κ3) is 2.97. The third-order valence-electron chi connectivity index (χ3n) is 5.30. The molecule has 3 aromatic heterocycles. The molecule has 0 aromatic carbocycles. The molecule has 0 unspecified atom stereocenters. The molecule has 1 atom stereocenters. The number of aromatic nitrogens is 3. The van der Waals surface area contributed by atoms with Crippen LogP contribution in [0.4, 0.5) is 0 Å². The molecule has 4 heterocycles. The first-order chi connectivity index (χ1) is 12.9. The van der Waals surface area contributed by atoms with Crippen LogP contribution < -0.4 is 10.1 Å². The number of aryl methyl sites for hydroxylation is 2. The molecular weight excluding hydrogens is 344 g/mol. The van der Waals surface area contributed by atoms with Crippen molar-refractivity contribution in [3.8, 4) is 17.3 Å². The van der Waals surface area contributed by atoms with Crippen molar-refractivity contribution in [3.05, 3.63) is 35.0 Å². The van der Waals surface area contributed by atoms with Gasteiger partial charge >= 0.3 is 0 Å². The number of rotatable bonds is 4. The fourth-order valence-corrected chi connectivity index (χ4v) is 5.19. The van der Waals surface area contributed by atoms with Crippen molar-refractivity contribution in [2.75, 3.05) is 13.2 Å². The summed E-state index contributed by atoms with van der Waals surface area (Å²) >= 11 is 1.82. The van der Waals surface area contributed by atoms with E-state index in [-0.39, 0.29) is 0 Å². The van der Waals surface area contributed by atoms with Crippen molar-refractivity contribution < 1.29 is 4.74 Å². The van der Waals surface area contributed by atoms with E-state index in [4.69, 9.17) is 14.7 Å². The second-order valence-electron chi connectivity index (χ2n) is 7.08. The SMILES string of the molecule is c1cc(-c2nc(OC[C@H]3CCCN3)c3c4c(sc3n2)CCCC4)ccn1. The Morgan fingerprint density at radius 1 is 1.12 bits per heavy atom. The fraction of sp³-hybridized carbons (Fsp3) is 0.450. The number of ether oxygens (including phenoxy) is 1. The highest BCUT2D eigenvalue weighted by molar-refractivity contribution is 7.18. The smallest absolute Gasteiger partial charge is 0.226 e. The van der Waals surface area contributed by atoms with Crippen LogP contribution in [0.1, 0.15) is 36.1 Å². The van der Waals surface area contributed by atoms with Crippen molar-refractivity contribution in [3.63, 3.8) is 0 Å². The monoisotopic (exact) mass is 366 g/mol. The van der Waals surface area contributed by atoms with E-state index >= 15 is 0 Å². The van der Waals surface area contributed by atoms with Crippen LogP contribution in [-0.2, 0) is 12.8 Å². The van der Waals surface area contributed by atoms with Gasteiger partial charge in [-0.25, -0.2) is 4.98 Å². The van der Waals surface area contributed by atoms with Crippen molar-refractivity contribution in [2.24, 2.45) is 0 Å². The lowest BCUT2D eigenvalue weighted by Gasteiger charge is -2.15. The van der Waals surface area contributed by atoms with E-state index in [9.17, 15) is 0 Å². The summed E-state index contributed by atoms with van der Waals surface area (Å²) in [6.45, 7) is 1.76. The molecule has 0 radical (unpaired) electrons. The van der Waals surface area contributed by atoms with Crippen molar-refractivity contribution in [1.29, 1.82) is 0 Å². The number of nitrogens with one attached hydrogen (secondary N) is 1. The quantitative estimate of drug-likeness (QED) is 0.762. The lowest BCUT2D eigenvalue weighted by molar-refractivity contribution is 0.271. The predicted octanol–water partition coefficient (Wildman–Crippen LogP) is 3.76. The number of hydrogen-bond donors (Lipinski definition) is 1. The Morgan fingerprint density at radius 3 is 2.85 bits per heavy atom. The molecule has 1 aliphatic carbocycles. The average molecular weight is 366 g/mol. The zero-order chi connectivity index (χ0) is 17.3. The van der Waals surface area contributed by atoms with Crippen molar-refractivity contribution >= 4 is 21.6 Å². The maximum atomic E-state index is 6.27. The first-order valence-electron chi connectivity index (χ1n) is 9.47. The Morgan fingerprint density at radius 2 is 2.00 bits per heavy atom. The number of thiophene rings is 1. The molecule has 134 valence electrons. The van der Waals surface area contributed by atoms with Crippen LogP contribution in [0.25, 0.3) is 21.6 Å². The summed E-state index contributed by atoms with van der Waals surface area (Å²) in [6, 6.07) is 4.34. The van der Waals surface area contributed by atoms with Crippen LogP contribution in [0.2, 0.25) is 0 Å². The highest BCUT2D eigenvalue weighted by Crippen LogP contribution is 2.40. The zero-order valence-corrected chi connectivity index (χ0v) is 15.5. The van der Waals surface area contributed by atoms with Gasteiger partial charge in [0.2, 0.25) is 5.88 Å². The van der Waals surface area contributed by atoms with E-state index in [2.05, 4.69) is 10.3 Å². The molecule has 1 saturated heterocycles. The molecule has 1 fully saturated rings. The number of nitrogens with zero attached hydrogens (tertiary/aromatic N) is 3. The average Bonchev–Trinajstić information content (AvgIpc) is 3.34. The highest BCUT2D eigenvalue weighted by atomic mass is 32.1. The van der Waals surface area contributed by atoms with Crippen LogP contribution in [-0.4, -0.2) is 34.1 Å². The van der Waals surface area contributed by atoms with E-state index in [0.717, 1.165) is 46.9 Å². The molecule has 0 amide bonds. The van der Waals surface area contributed by atoms with E-state index in [1.165, 1.54) is 36.1 Å². The summed E-state index contributed by atoms with van der Waals surface area (Å²) < 4.78 is 6.27. The molecule has 5 nitrogen and oxygen atoms in total. The molecule has 0 bridgehead atoms. The lowest BCUT2D eigenvalue weighted by atomic mass is 9.97. The van der Waals surface area contributed by atoms with Gasteiger partial charge in [0.15, 0.2) is 5.82 Å². The van der Waals surface area contributed by atoms with Gasteiger partial charge in [-0.2, -0.15) is 4.98 Å². The van der Waals surface area contributed by atoms with Gasteiger partial charge in [-0.1, -0.05) is 0 Å². The second kappa shape index (κ2) is 6.93. The van der Waals surface area contributed by atoms with Crippen molar-refractivity contribution in [1.82, 2.24) is 20.3 Å². The molecule has 3 aromatic rings. The van der Waals surface area contributed by atoms with Crippen LogP contribution in [0, 0.1) is 0 Å². The Hall–Kier alpha value is -2.05. The summed E-state index contributed by atoms with van der Waals surface area (Å²) in [7, 11) is 0. The first kappa shape index (κ1) is 16.1. The molecule has 0 spiro atoms. The minimum absolute atomic E-state index is 0.429. The van der Waals surface area contributed by atoms with Gasteiger partial charge < -0.3 is 10.1 Å². The maximum absolute atomic E-state index is 6.27. The van der Waals surface area contributed by atoms with Crippen LogP contribution in [0.5, 0.6) is 5.88 Å². The minimum Gasteiger partial charge on any atom is -0.475 e. The van der Waals surface area contributed by atoms with Gasteiger partial charge in [0.05, 0.1) is 5.39 Å². The molecular formula is C20H22N4OS. The zero-order valence-electron chi connectivity index (χ0n) is 14.7. The standard InChI is InChI=1S/C20H22N4OS/c1-2-6-16-15(5-1)17-19(25-12-14-4-3-9-22-14)23-18(24-20(17)26-16)13-7-10-21-11-8-13/h7-8,10-11,14,22H,1-6,9,12H2/t14-/m1/s1. The molecule has 6 heteroatoms. The molecule has 0 saturated carbocycles. The summed E-state index contributed by atoms with van der Waals surface area (Å²) in [6.07, 6.45) is 10.8. The molecule has 5 rings (SSSR count). The Labute approximate surface area is 156 Å². The van der Waals surface area contributed by atoms with E-state index in [0.29, 0.717) is 12.6 Å². The molecule has 26 heavy (non-hydrogen) atoms. The van der Waals surface area contributed by atoms with E-state index < -0.39 is 0 Å². The number of hydrogen-bond acceptors (Lipinski definition) is 6. The normalized spacial score (nSPS) is 19.6. The fourth-order valence-electron chi connectivity index (χ4n) is 3.94. The molecule has 1 aliphatic heterocycles.